The minimum atomic E-state index is -1.63. The average molecular weight is 1140 g/mol. The van der Waals surface area contributed by atoms with Gasteiger partial charge in [0, 0.05) is 12.8 Å². The number of rotatable bonds is 55. The van der Waals surface area contributed by atoms with Crippen molar-refractivity contribution in [1.29, 1.82) is 0 Å². The molecule has 6 N–H and O–H groups in total. The first-order chi connectivity index (χ1) is 39.7. The van der Waals surface area contributed by atoms with Crippen LogP contribution in [0, 0.1) is 0 Å². The molecule has 0 aromatic heterocycles. The summed E-state index contributed by atoms with van der Waals surface area (Å²) in [6.07, 6.45) is 66.1. The van der Waals surface area contributed by atoms with Crippen molar-refractivity contribution < 1.29 is 49.3 Å². The van der Waals surface area contributed by atoms with Crippen LogP contribution in [0.4, 0.5) is 0 Å². The number of carbonyl (C=O) groups excluding carboxylic acids is 2. The maximum absolute atomic E-state index is 13.4. The molecule has 0 bridgehead atoms. The summed E-state index contributed by atoms with van der Waals surface area (Å²) in [6.45, 7) is 5.63. The van der Waals surface area contributed by atoms with Crippen LogP contribution in [0.1, 0.15) is 271 Å². The van der Waals surface area contributed by atoms with Gasteiger partial charge in [0.15, 0.2) is 12.4 Å². The lowest BCUT2D eigenvalue weighted by molar-refractivity contribution is -0.305. The summed E-state index contributed by atoms with van der Waals surface area (Å²) in [4.78, 5) is 26.5. The van der Waals surface area contributed by atoms with E-state index < -0.39 is 67.4 Å². The van der Waals surface area contributed by atoms with Crippen molar-refractivity contribution in [3.8, 4) is 0 Å². The van der Waals surface area contributed by atoms with Gasteiger partial charge in [-0.25, -0.2) is 0 Å². The number of hydrogen-bond donors (Lipinski definition) is 6. The summed E-state index contributed by atoms with van der Waals surface area (Å²) in [5.74, 6) is -1.27. The summed E-state index contributed by atoms with van der Waals surface area (Å²) < 4.78 is 17.6. The zero-order valence-electron chi connectivity index (χ0n) is 51.6. The second-order valence-corrected chi connectivity index (χ2v) is 22.5. The third kappa shape index (κ3) is 44.7. The SMILES string of the molecule is CC/C=C\C/C=C\C/C=C\C/C=C\C/C=C\CCCCCCCCCCCCCC(=O)OC1C(OCC(NC(=O)C(O)C/C=C/C/C=C\CCCCCCCC)C(O)/C=C/CCCCCCCCCCCCC)OC(CO)C(O)C1O. The molecular formula is C70H121NO10. The van der Waals surface area contributed by atoms with Crippen molar-refractivity contribution in [3.05, 3.63) is 97.2 Å². The first kappa shape index (κ1) is 75.6. The molecule has 466 valence electrons. The van der Waals surface area contributed by atoms with E-state index in [1.807, 2.05) is 12.2 Å². The second kappa shape index (κ2) is 57.0. The number of aliphatic hydroxyl groups excluding tert-OH is 5. The molecule has 0 radical (unpaired) electrons. The third-order valence-corrected chi connectivity index (χ3v) is 15.0. The molecule has 0 saturated carbocycles. The Morgan fingerprint density at radius 2 is 0.889 bits per heavy atom. The number of esters is 1. The Bertz CT molecular complexity index is 1690. The van der Waals surface area contributed by atoms with E-state index in [9.17, 15) is 35.1 Å². The molecule has 0 aromatic rings. The molecular weight excluding hydrogens is 1010 g/mol. The zero-order valence-corrected chi connectivity index (χ0v) is 51.6. The Labute approximate surface area is 495 Å². The summed E-state index contributed by atoms with van der Waals surface area (Å²) in [5, 5.41) is 56.9. The third-order valence-electron chi connectivity index (χ3n) is 15.0. The van der Waals surface area contributed by atoms with Gasteiger partial charge in [-0.2, -0.15) is 0 Å². The van der Waals surface area contributed by atoms with Crippen LogP contribution in [0.2, 0.25) is 0 Å². The van der Waals surface area contributed by atoms with Crippen molar-refractivity contribution >= 4 is 11.9 Å². The molecule has 0 spiro atoms. The van der Waals surface area contributed by atoms with Crippen molar-refractivity contribution in [2.45, 2.75) is 320 Å². The van der Waals surface area contributed by atoms with Crippen molar-refractivity contribution in [2.24, 2.45) is 0 Å². The molecule has 1 fully saturated rings. The smallest absolute Gasteiger partial charge is 0.306 e. The fourth-order valence-corrected chi connectivity index (χ4v) is 9.78. The monoisotopic (exact) mass is 1140 g/mol. The number of unbranched alkanes of at least 4 members (excludes halogenated alkanes) is 28. The van der Waals surface area contributed by atoms with Crippen LogP contribution in [-0.2, 0) is 23.8 Å². The lowest BCUT2D eigenvalue weighted by Gasteiger charge is -2.41. The maximum atomic E-state index is 13.4. The average Bonchev–Trinajstić information content (AvgIpc) is 3.50. The van der Waals surface area contributed by atoms with Crippen LogP contribution in [0.15, 0.2) is 97.2 Å². The van der Waals surface area contributed by atoms with E-state index in [0.29, 0.717) is 12.8 Å². The van der Waals surface area contributed by atoms with Crippen LogP contribution in [0.25, 0.3) is 0 Å². The molecule has 8 unspecified atom stereocenters. The summed E-state index contributed by atoms with van der Waals surface area (Å²) >= 11 is 0. The van der Waals surface area contributed by atoms with Gasteiger partial charge in [0.05, 0.1) is 25.4 Å². The highest BCUT2D eigenvalue weighted by atomic mass is 16.7. The van der Waals surface area contributed by atoms with Gasteiger partial charge in [-0.1, -0.05) is 272 Å². The minimum Gasteiger partial charge on any atom is -0.454 e. The number of nitrogens with one attached hydrogen (secondary N) is 1. The van der Waals surface area contributed by atoms with E-state index in [1.54, 1.807) is 12.2 Å². The summed E-state index contributed by atoms with van der Waals surface area (Å²) in [5.41, 5.74) is 0. The lowest BCUT2D eigenvalue weighted by Crippen LogP contribution is -2.61. The van der Waals surface area contributed by atoms with Gasteiger partial charge < -0.3 is 45.1 Å². The molecule has 1 saturated heterocycles. The summed E-state index contributed by atoms with van der Waals surface area (Å²) in [7, 11) is 0. The topological polar surface area (TPSA) is 175 Å². The van der Waals surface area contributed by atoms with E-state index in [0.717, 1.165) is 96.3 Å². The largest absolute Gasteiger partial charge is 0.454 e. The molecule has 11 heteroatoms. The molecule has 0 aromatic carbocycles. The fraction of sp³-hybridized carbons (Fsp3) is 0.743. The van der Waals surface area contributed by atoms with Gasteiger partial charge in [-0.3, -0.25) is 9.59 Å². The zero-order chi connectivity index (χ0) is 58.9. The number of ether oxygens (including phenoxy) is 3. The van der Waals surface area contributed by atoms with E-state index in [-0.39, 0.29) is 19.4 Å². The number of hydrogen-bond acceptors (Lipinski definition) is 10. The Hall–Kier alpha value is -3.42. The number of carbonyl (C=O) groups is 2. The van der Waals surface area contributed by atoms with Crippen LogP contribution in [0.3, 0.4) is 0 Å². The van der Waals surface area contributed by atoms with Crippen LogP contribution >= 0.6 is 0 Å². The second-order valence-electron chi connectivity index (χ2n) is 22.5. The standard InChI is InChI=1S/C70H121NO10/c1-4-7-10-13-16-19-22-25-26-27-28-29-30-31-32-33-34-35-36-37-38-40-43-46-49-52-55-58-65(75)81-68-67(77)66(76)64(59-72)80-70(68)79-60-61(62(73)56-53-50-47-44-42-39-23-20-17-14-11-8-5-2)71-69(78)63(74)57-54-51-48-45-41-24-21-18-15-12-9-6-3/h7,10,16,19,25-26,28-29,31-32,41,45,51,53-54,56,61-64,66-68,70,72-74,76-77H,4-6,8-9,11-15,17-18,20-24,27,30,33-40,42-44,46-50,52,55,57-60H2,1-3H3,(H,71,78)/b10-7-,19-16-,26-25-,29-28-,32-31-,45-41-,54-51+,56-53+. The molecule has 81 heavy (non-hydrogen) atoms. The number of allylic oxidation sites excluding steroid dienone is 14. The Balaban J connectivity index is 2.59. The molecule has 8 atom stereocenters. The van der Waals surface area contributed by atoms with Crippen molar-refractivity contribution in [1.82, 2.24) is 5.32 Å². The van der Waals surface area contributed by atoms with E-state index in [2.05, 4.69) is 99.0 Å². The van der Waals surface area contributed by atoms with Gasteiger partial charge in [-0.15, -0.1) is 0 Å². The lowest BCUT2D eigenvalue weighted by atomic mass is 9.99. The predicted octanol–water partition coefficient (Wildman–Crippen LogP) is 16.3. The Morgan fingerprint density at radius 3 is 1.33 bits per heavy atom. The first-order valence-electron chi connectivity index (χ1n) is 33.0. The van der Waals surface area contributed by atoms with Gasteiger partial charge in [0.1, 0.15) is 24.4 Å². The van der Waals surface area contributed by atoms with Gasteiger partial charge >= 0.3 is 5.97 Å². The normalized spacial score (nSPS) is 19.3. The molecule has 1 amide bonds. The first-order valence-corrected chi connectivity index (χ1v) is 33.0. The number of amides is 1. The highest BCUT2D eigenvalue weighted by Gasteiger charge is 2.47. The highest BCUT2D eigenvalue weighted by Crippen LogP contribution is 2.26. The maximum Gasteiger partial charge on any atom is 0.306 e. The highest BCUT2D eigenvalue weighted by molar-refractivity contribution is 5.81. The molecule has 1 rings (SSSR count). The Kier molecular flexibility index (Phi) is 53.2. The molecule has 1 aliphatic rings. The van der Waals surface area contributed by atoms with Crippen molar-refractivity contribution in [3.63, 3.8) is 0 Å². The predicted molar refractivity (Wildman–Crippen MR) is 338 cm³/mol. The minimum absolute atomic E-state index is 0.0792. The summed E-state index contributed by atoms with van der Waals surface area (Å²) in [6, 6.07) is -1.06. The molecule has 1 aliphatic heterocycles. The molecule has 1 heterocycles. The van der Waals surface area contributed by atoms with E-state index in [1.165, 1.54) is 128 Å². The number of aliphatic hydroxyl groups is 5. The van der Waals surface area contributed by atoms with Gasteiger partial charge in [0.2, 0.25) is 5.91 Å². The van der Waals surface area contributed by atoms with E-state index >= 15 is 0 Å². The quantitative estimate of drug-likeness (QED) is 0.0195. The Morgan fingerprint density at radius 1 is 0.494 bits per heavy atom. The van der Waals surface area contributed by atoms with Gasteiger partial charge in [0.25, 0.3) is 0 Å². The molecule has 11 nitrogen and oxygen atoms in total. The van der Waals surface area contributed by atoms with Crippen LogP contribution in [0.5, 0.6) is 0 Å². The van der Waals surface area contributed by atoms with Crippen LogP contribution < -0.4 is 5.32 Å². The van der Waals surface area contributed by atoms with Crippen LogP contribution in [-0.4, -0.2) is 99.6 Å². The van der Waals surface area contributed by atoms with E-state index in [4.69, 9.17) is 14.2 Å². The van der Waals surface area contributed by atoms with Crippen molar-refractivity contribution in [2.75, 3.05) is 13.2 Å². The molecule has 0 aliphatic carbocycles. The van der Waals surface area contributed by atoms with Gasteiger partial charge in [-0.05, 0) is 83.5 Å². The fourth-order valence-electron chi connectivity index (χ4n) is 9.78.